The van der Waals surface area contributed by atoms with E-state index in [1.165, 1.54) is 37.6 Å². The molecule has 0 aliphatic rings. The van der Waals surface area contributed by atoms with Gasteiger partial charge in [0.2, 0.25) is 0 Å². The lowest BCUT2D eigenvalue weighted by Gasteiger charge is -2.09. The highest BCUT2D eigenvalue weighted by molar-refractivity contribution is 5.94. The monoisotopic (exact) mass is 569 g/mol. The first kappa shape index (κ1) is 31.7. The van der Waals surface area contributed by atoms with E-state index in [1.54, 1.807) is 0 Å². The Labute approximate surface area is 240 Å². The number of unbranched alkanes of at least 4 members (excludes halogenated alkanes) is 6. The van der Waals surface area contributed by atoms with Crippen LogP contribution < -0.4 is 10.1 Å². The molecule has 8 heteroatoms. The average Bonchev–Trinajstić information content (AvgIpc) is 2.98. The van der Waals surface area contributed by atoms with Gasteiger partial charge in [0.25, 0.3) is 5.91 Å². The van der Waals surface area contributed by atoms with Crippen molar-refractivity contribution in [2.75, 3.05) is 20.3 Å². The number of carbonyl (C=O) groups is 2. The number of rotatable bonds is 16. The number of ether oxygens (including phenoxy) is 2. The zero-order valence-electron chi connectivity index (χ0n) is 23.5. The van der Waals surface area contributed by atoms with E-state index in [-0.39, 0.29) is 24.8 Å². The molecule has 0 saturated heterocycles. The van der Waals surface area contributed by atoms with Crippen LogP contribution in [0.25, 0.3) is 11.1 Å². The Balaban J connectivity index is 1.21. The van der Waals surface area contributed by atoms with E-state index < -0.39 is 11.7 Å². The van der Waals surface area contributed by atoms with Crippen LogP contribution in [-0.4, -0.2) is 32.1 Å². The number of hydrogen-bond acceptors (Lipinski definition) is 4. The lowest BCUT2D eigenvalue weighted by Crippen LogP contribution is -2.26. The fourth-order valence-electron chi connectivity index (χ4n) is 4.41. The van der Waals surface area contributed by atoms with Crippen LogP contribution in [0.4, 0.5) is 13.2 Å². The molecular weight excluding hydrogens is 531 g/mol. The van der Waals surface area contributed by atoms with Gasteiger partial charge in [-0.05, 0) is 72.4 Å². The predicted molar refractivity (Wildman–Crippen MR) is 154 cm³/mol. The Morgan fingerprint density at radius 2 is 1.29 bits per heavy atom. The molecule has 3 rings (SSSR count). The molecule has 0 fully saturated rings. The molecule has 0 saturated carbocycles. The van der Waals surface area contributed by atoms with E-state index in [0.717, 1.165) is 67.5 Å². The molecule has 220 valence electrons. The third kappa shape index (κ3) is 11.3. The zero-order valence-corrected chi connectivity index (χ0v) is 23.5. The van der Waals surface area contributed by atoms with Crippen molar-refractivity contribution in [1.29, 1.82) is 0 Å². The van der Waals surface area contributed by atoms with Crippen LogP contribution in [0.15, 0.2) is 72.8 Å². The Hall–Kier alpha value is -3.81. The number of alkyl halides is 3. The van der Waals surface area contributed by atoms with Gasteiger partial charge in [-0.15, -0.1) is 0 Å². The standard InChI is InChI=1S/C33H38F3NO4/c1-40-31(38)22-23-37-32(39)28-12-10-25(11-13-28)9-7-5-3-2-4-6-8-24-41-30-20-16-27(17-21-30)26-14-18-29(19-15-26)33(34,35)36/h10-21H,2-9,22-24H2,1H3,(H,37,39). The number of amides is 1. The number of nitrogens with one attached hydrogen (secondary N) is 1. The summed E-state index contributed by atoms with van der Waals surface area (Å²) in [6.07, 6.45) is 4.69. The maximum absolute atomic E-state index is 12.7. The maximum Gasteiger partial charge on any atom is 0.416 e. The lowest BCUT2D eigenvalue weighted by molar-refractivity contribution is -0.140. The van der Waals surface area contributed by atoms with E-state index in [4.69, 9.17) is 4.74 Å². The summed E-state index contributed by atoms with van der Waals surface area (Å²) >= 11 is 0. The second kappa shape index (κ2) is 16.5. The van der Waals surface area contributed by atoms with Crippen LogP contribution in [0.1, 0.15) is 72.9 Å². The summed E-state index contributed by atoms with van der Waals surface area (Å²) in [5.41, 5.74) is 2.72. The molecule has 0 aliphatic carbocycles. The number of methoxy groups -OCH3 is 1. The Kier molecular flexibility index (Phi) is 12.7. The van der Waals surface area contributed by atoms with Crippen LogP contribution in [-0.2, 0) is 22.1 Å². The highest BCUT2D eigenvalue weighted by Crippen LogP contribution is 2.31. The smallest absolute Gasteiger partial charge is 0.416 e. The van der Waals surface area contributed by atoms with Gasteiger partial charge in [0.15, 0.2) is 0 Å². The zero-order chi connectivity index (χ0) is 29.5. The Morgan fingerprint density at radius 3 is 1.88 bits per heavy atom. The number of esters is 1. The highest BCUT2D eigenvalue weighted by atomic mass is 19.4. The molecule has 0 atom stereocenters. The summed E-state index contributed by atoms with van der Waals surface area (Å²) in [4.78, 5) is 23.2. The third-order valence-electron chi connectivity index (χ3n) is 6.84. The number of carbonyl (C=O) groups excluding carboxylic acids is 2. The van der Waals surface area contributed by atoms with Crippen molar-refractivity contribution in [1.82, 2.24) is 5.32 Å². The van der Waals surface area contributed by atoms with Gasteiger partial charge in [-0.25, -0.2) is 0 Å². The predicted octanol–water partition coefficient (Wildman–Crippen LogP) is 8.02. The molecule has 1 amide bonds. The fourth-order valence-corrected chi connectivity index (χ4v) is 4.41. The largest absolute Gasteiger partial charge is 0.494 e. The first-order chi connectivity index (χ1) is 19.8. The summed E-state index contributed by atoms with van der Waals surface area (Å²) in [7, 11) is 1.32. The van der Waals surface area contributed by atoms with Crippen molar-refractivity contribution >= 4 is 11.9 Å². The van der Waals surface area contributed by atoms with Crippen molar-refractivity contribution in [3.63, 3.8) is 0 Å². The molecule has 1 N–H and O–H groups in total. The molecule has 0 aromatic heterocycles. The summed E-state index contributed by atoms with van der Waals surface area (Å²) in [6.45, 7) is 0.893. The second-order valence-electron chi connectivity index (χ2n) is 9.95. The summed E-state index contributed by atoms with van der Waals surface area (Å²) < 4.78 is 48.6. The first-order valence-corrected chi connectivity index (χ1v) is 14.1. The highest BCUT2D eigenvalue weighted by Gasteiger charge is 2.29. The first-order valence-electron chi connectivity index (χ1n) is 14.1. The van der Waals surface area contributed by atoms with Crippen molar-refractivity contribution in [2.45, 2.75) is 64.0 Å². The van der Waals surface area contributed by atoms with Gasteiger partial charge < -0.3 is 14.8 Å². The molecule has 0 spiro atoms. The topological polar surface area (TPSA) is 64.6 Å². The molecule has 0 bridgehead atoms. The summed E-state index contributed by atoms with van der Waals surface area (Å²) in [5.74, 6) is 0.214. The minimum Gasteiger partial charge on any atom is -0.494 e. The van der Waals surface area contributed by atoms with Crippen molar-refractivity contribution < 1.29 is 32.2 Å². The molecule has 0 radical (unpaired) electrons. The molecular formula is C33H38F3NO4. The van der Waals surface area contributed by atoms with E-state index >= 15 is 0 Å². The molecule has 0 unspecified atom stereocenters. The Bertz CT molecular complexity index is 1210. The van der Waals surface area contributed by atoms with E-state index in [1.807, 2.05) is 48.5 Å². The number of hydrogen-bond donors (Lipinski definition) is 1. The van der Waals surface area contributed by atoms with Gasteiger partial charge in [-0.1, -0.05) is 68.5 Å². The minimum atomic E-state index is -4.33. The van der Waals surface area contributed by atoms with Crippen molar-refractivity contribution in [3.05, 3.63) is 89.5 Å². The number of aryl methyl sites for hydroxylation is 1. The third-order valence-corrected chi connectivity index (χ3v) is 6.84. The minimum absolute atomic E-state index is 0.155. The van der Waals surface area contributed by atoms with Gasteiger partial charge in [-0.3, -0.25) is 9.59 Å². The molecule has 41 heavy (non-hydrogen) atoms. The summed E-state index contributed by atoms with van der Waals surface area (Å²) in [6, 6.07) is 20.2. The van der Waals surface area contributed by atoms with Crippen LogP contribution in [0.5, 0.6) is 5.75 Å². The van der Waals surface area contributed by atoms with Crippen LogP contribution >= 0.6 is 0 Å². The number of benzene rings is 3. The number of halogens is 3. The maximum atomic E-state index is 12.7. The quantitative estimate of drug-likeness (QED) is 0.140. The molecule has 3 aromatic rings. The van der Waals surface area contributed by atoms with E-state index in [2.05, 4.69) is 10.1 Å². The Morgan fingerprint density at radius 1 is 0.732 bits per heavy atom. The van der Waals surface area contributed by atoms with Crippen molar-refractivity contribution in [3.8, 4) is 16.9 Å². The van der Waals surface area contributed by atoms with E-state index in [0.29, 0.717) is 12.2 Å². The molecule has 0 aliphatic heterocycles. The summed E-state index contributed by atoms with van der Waals surface area (Å²) in [5, 5.41) is 2.71. The average molecular weight is 570 g/mol. The molecule has 5 nitrogen and oxygen atoms in total. The molecule has 3 aromatic carbocycles. The van der Waals surface area contributed by atoms with Gasteiger partial charge in [0.05, 0.1) is 25.7 Å². The SMILES string of the molecule is COC(=O)CCNC(=O)c1ccc(CCCCCCCCCOc2ccc(-c3ccc(C(F)(F)F)cc3)cc2)cc1. The van der Waals surface area contributed by atoms with Crippen LogP contribution in [0.3, 0.4) is 0 Å². The van der Waals surface area contributed by atoms with Gasteiger partial charge in [-0.2, -0.15) is 13.2 Å². The van der Waals surface area contributed by atoms with Gasteiger partial charge in [0, 0.05) is 12.1 Å². The lowest BCUT2D eigenvalue weighted by atomic mass is 10.0. The second-order valence-corrected chi connectivity index (χ2v) is 9.95. The van der Waals surface area contributed by atoms with Crippen LogP contribution in [0, 0.1) is 0 Å². The van der Waals surface area contributed by atoms with Gasteiger partial charge in [0.1, 0.15) is 5.75 Å². The normalized spacial score (nSPS) is 11.2. The van der Waals surface area contributed by atoms with Gasteiger partial charge >= 0.3 is 12.1 Å². The van der Waals surface area contributed by atoms with Crippen molar-refractivity contribution in [2.24, 2.45) is 0 Å². The van der Waals surface area contributed by atoms with Crippen LogP contribution in [0.2, 0.25) is 0 Å². The van der Waals surface area contributed by atoms with E-state index in [9.17, 15) is 22.8 Å². The molecule has 0 heterocycles. The fraction of sp³-hybridized carbons (Fsp3) is 0.394.